The Hall–Kier alpha value is -3.17. The molecule has 2 saturated heterocycles. The number of carbonyl (C=O) groups excluding carboxylic acids is 1. The molecule has 2 aliphatic heterocycles. The lowest BCUT2D eigenvalue weighted by molar-refractivity contribution is -0.355. The predicted molar refractivity (Wildman–Crippen MR) is 142 cm³/mol. The SMILES string of the molecule is CNc1ccc2oc(C[C@H]3O[C@@]4(CC[C@H]3C)OC([C@H](C)C(=O)c3ccc[nH]3)[C@H](C)C[C@H]4C)nc2c1C(=O)O. The number of nitrogens with one attached hydrogen (secondary N) is 2. The lowest BCUT2D eigenvalue weighted by Crippen LogP contribution is -2.58. The molecule has 0 amide bonds. The lowest BCUT2D eigenvalue weighted by Gasteiger charge is -2.53. The number of anilines is 1. The number of ether oxygens (including phenoxy) is 2. The van der Waals surface area contributed by atoms with Crippen LogP contribution in [0, 0.1) is 23.7 Å². The van der Waals surface area contributed by atoms with Crippen molar-refractivity contribution in [3.8, 4) is 0 Å². The summed E-state index contributed by atoms with van der Waals surface area (Å²) in [6.45, 7) is 8.39. The molecular formula is C29H37N3O6. The van der Waals surface area contributed by atoms with Gasteiger partial charge in [-0.25, -0.2) is 9.78 Å². The maximum absolute atomic E-state index is 13.1. The van der Waals surface area contributed by atoms with E-state index in [1.165, 1.54) is 0 Å². The van der Waals surface area contributed by atoms with Crippen LogP contribution in [-0.4, -0.2) is 51.9 Å². The standard InChI is InChI=1S/C29H37N3O6/c1-15-10-11-29(17(3)13-16(2)27(38-29)18(4)26(33)20-7-6-12-31-20)37-22(15)14-23-32-25-21(36-23)9-8-19(30-5)24(25)28(34)35/h6-9,12,15-18,22,27,30-31H,10-11,13-14H2,1-5H3,(H,34,35)/t15-,16-,17-,18-,22-,27?,29+/m1/s1. The Morgan fingerprint density at radius 2 is 2.00 bits per heavy atom. The molecule has 0 bridgehead atoms. The van der Waals surface area contributed by atoms with Crippen molar-refractivity contribution in [2.24, 2.45) is 23.7 Å². The van der Waals surface area contributed by atoms with E-state index in [0.29, 0.717) is 34.8 Å². The third-order valence-corrected chi connectivity index (χ3v) is 8.54. The van der Waals surface area contributed by atoms with Crippen molar-refractivity contribution in [3.63, 3.8) is 0 Å². The fraction of sp³-hybridized carbons (Fsp3) is 0.552. The summed E-state index contributed by atoms with van der Waals surface area (Å²) in [7, 11) is 1.68. The van der Waals surface area contributed by atoms with Crippen molar-refractivity contribution in [1.29, 1.82) is 0 Å². The Morgan fingerprint density at radius 3 is 2.68 bits per heavy atom. The molecular weight excluding hydrogens is 486 g/mol. The number of H-pyrrole nitrogens is 1. The van der Waals surface area contributed by atoms with Gasteiger partial charge in [-0.3, -0.25) is 4.79 Å². The Kier molecular flexibility index (Phi) is 7.09. The quantitative estimate of drug-likeness (QED) is 0.345. The molecule has 3 aromatic rings. The molecule has 0 saturated carbocycles. The van der Waals surface area contributed by atoms with Gasteiger partial charge in [0.1, 0.15) is 11.1 Å². The Morgan fingerprint density at radius 1 is 1.21 bits per heavy atom. The topological polar surface area (TPSA) is 127 Å². The maximum Gasteiger partial charge on any atom is 0.340 e. The molecule has 2 aliphatic rings. The van der Waals surface area contributed by atoms with Gasteiger partial charge in [0.25, 0.3) is 0 Å². The van der Waals surface area contributed by atoms with Crippen LogP contribution in [0.1, 0.15) is 73.7 Å². The number of nitrogens with zero attached hydrogens (tertiary/aromatic N) is 1. The zero-order valence-electron chi connectivity index (χ0n) is 22.6. The van der Waals surface area contributed by atoms with Gasteiger partial charge >= 0.3 is 5.97 Å². The third kappa shape index (κ3) is 4.62. The zero-order valence-corrected chi connectivity index (χ0v) is 22.6. The van der Waals surface area contributed by atoms with Crippen LogP contribution in [0.3, 0.4) is 0 Å². The number of carboxylic acids is 1. The number of benzene rings is 1. The molecule has 5 rings (SSSR count). The average molecular weight is 524 g/mol. The first-order valence-electron chi connectivity index (χ1n) is 13.5. The van der Waals surface area contributed by atoms with E-state index in [1.807, 2.05) is 13.0 Å². The molecule has 0 aliphatic carbocycles. The van der Waals surface area contributed by atoms with Crippen LogP contribution in [0.2, 0.25) is 0 Å². The summed E-state index contributed by atoms with van der Waals surface area (Å²) in [6.07, 6.45) is 4.22. The molecule has 4 heterocycles. The van der Waals surface area contributed by atoms with Gasteiger partial charge in [0.15, 0.2) is 23.0 Å². The van der Waals surface area contributed by atoms with Crippen molar-refractivity contribution in [2.45, 2.75) is 71.4 Å². The van der Waals surface area contributed by atoms with E-state index in [9.17, 15) is 14.7 Å². The summed E-state index contributed by atoms with van der Waals surface area (Å²) in [5.41, 5.74) is 1.93. The molecule has 2 aromatic heterocycles. The summed E-state index contributed by atoms with van der Waals surface area (Å²) in [5.74, 6) is -1.11. The normalized spacial score (nSPS) is 30.4. The van der Waals surface area contributed by atoms with E-state index >= 15 is 0 Å². The van der Waals surface area contributed by atoms with Gasteiger partial charge in [0, 0.05) is 31.5 Å². The van der Waals surface area contributed by atoms with Gasteiger partial charge in [-0.05, 0) is 48.9 Å². The Labute approximate surface area is 222 Å². The van der Waals surface area contributed by atoms with E-state index < -0.39 is 11.8 Å². The number of Topliss-reactive ketones (excluding diaryl/α,β-unsaturated/α-hetero) is 1. The van der Waals surface area contributed by atoms with Gasteiger partial charge in [-0.2, -0.15) is 0 Å². The fourth-order valence-electron chi connectivity index (χ4n) is 6.27. The van der Waals surface area contributed by atoms with Gasteiger partial charge < -0.3 is 29.3 Å². The number of rotatable bonds is 7. The number of hydrogen-bond donors (Lipinski definition) is 3. The number of carbonyl (C=O) groups is 2. The zero-order chi connectivity index (χ0) is 27.2. The van der Waals surface area contributed by atoms with Crippen LogP contribution >= 0.6 is 0 Å². The van der Waals surface area contributed by atoms with Gasteiger partial charge in [0.05, 0.1) is 30.0 Å². The minimum absolute atomic E-state index is 0.0407. The Bertz CT molecular complexity index is 1320. The summed E-state index contributed by atoms with van der Waals surface area (Å²) in [5, 5.41) is 12.7. The van der Waals surface area contributed by atoms with Gasteiger partial charge in [-0.1, -0.05) is 27.7 Å². The molecule has 0 radical (unpaired) electrons. The molecule has 38 heavy (non-hydrogen) atoms. The summed E-state index contributed by atoms with van der Waals surface area (Å²) in [4.78, 5) is 32.7. The molecule has 1 unspecified atom stereocenters. The van der Waals surface area contributed by atoms with Crippen LogP contribution in [0.4, 0.5) is 5.69 Å². The highest BCUT2D eigenvalue weighted by Crippen LogP contribution is 2.48. The molecule has 9 nitrogen and oxygen atoms in total. The molecule has 1 spiro atoms. The Balaban J connectivity index is 1.39. The first-order chi connectivity index (χ1) is 18.1. The van der Waals surface area contributed by atoms with Crippen molar-refractivity contribution < 1.29 is 28.6 Å². The highest BCUT2D eigenvalue weighted by Gasteiger charge is 2.52. The molecule has 1 aromatic carbocycles. The van der Waals surface area contributed by atoms with Gasteiger partial charge in [-0.15, -0.1) is 0 Å². The third-order valence-electron chi connectivity index (χ3n) is 8.54. The van der Waals surface area contributed by atoms with Crippen LogP contribution in [0.15, 0.2) is 34.9 Å². The van der Waals surface area contributed by atoms with E-state index in [0.717, 1.165) is 19.3 Å². The lowest BCUT2D eigenvalue weighted by atomic mass is 9.75. The second-order valence-electron chi connectivity index (χ2n) is 11.1. The van der Waals surface area contributed by atoms with Crippen LogP contribution in [0.5, 0.6) is 0 Å². The summed E-state index contributed by atoms with van der Waals surface area (Å²) < 4.78 is 19.6. The smallest absolute Gasteiger partial charge is 0.340 e. The number of oxazole rings is 1. The second-order valence-corrected chi connectivity index (χ2v) is 11.1. The minimum atomic E-state index is -1.06. The highest BCUT2D eigenvalue weighted by atomic mass is 16.7. The monoisotopic (exact) mass is 523 g/mol. The number of aromatic nitrogens is 2. The number of hydrogen-bond acceptors (Lipinski definition) is 7. The number of carboxylic acid groups (broad SMARTS) is 1. The molecule has 9 heteroatoms. The average Bonchev–Trinajstić information content (AvgIpc) is 3.57. The fourth-order valence-corrected chi connectivity index (χ4v) is 6.27. The van der Waals surface area contributed by atoms with E-state index in [2.05, 4.69) is 36.1 Å². The second kappa shape index (κ2) is 10.2. The predicted octanol–water partition coefficient (Wildman–Crippen LogP) is 5.53. The van der Waals surface area contributed by atoms with Crippen LogP contribution in [0.25, 0.3) is 11.1 Å². The first-order valence-corrected chi connectivity index (χ1v) is 13.5. The van der Waals surface area contributed by atoms with Crippen molar-refractivity contribution >= 4 is 28.5 Å². The molecule has 3 N–H and O–H groups in total. The summed E-state index contributed by atoms with van der Waals surface area (Å²) >= 11 is 0. The molecule has 7 atom stereocenters. The number of fused-ring (bicyclic) bond motifs is 1. The number of aromatic carboxylic acids is 1. The largest absolute Gasteiger partial charge is 0.478 e. The van der Waals surface area contributed by atoms with Crippen molar-refractivity contribution in [3.05, 3.63) is 47.6 Å². The molecule has 2 fully saturated rings. The van der Waals surface area contributed by atoms with E-state index in [1.54, 1.807) is 31.4 Å². The first kappa shape index (κ1) is 26.4. The molecule has 204 valence electrons. The minimum Gasteiger partial charge on any atom is -0.478 e. The number of aromatic amines is 1. The van der Waals surface area contributed by atoms with Crippen LogP contribution in [-0.2, 0) is 15.9 Å². The van der Waals surface area contributed by atoms with Crippen LogP contribution < -0.4 is 5.32 Å². The summed E-state index contributed by atoms with van der Waals surface area (Å²) in [6, 6.07) is 7.05. The van der Waals surface area contributed by atoms with E-state index in [-0.39, 0.29) is 47.2 Å². The highest BCUT2D eigenvalue weighted by molar-refractivity contribution is 6.06. The van der Waals surface area contributed by atoms with E-state index in [4.69, 9.17) is 13.9 Å². The van der Waals surface area contributed by atoms with Crippen molar-refractivity contribution in [1.82, 2.24) is 9.97 Å². The number of ketones is 1. The van der Waals surface area contributed by atoms with Crippen molar-refractivity contribution in [2.75, 3.05) is 12.4 Å². The van der Waals surface area contributed by atoms with Gasteiger partial charge in [0.2, 0.25) is 0 Å². The maximum atomic E-state index is 13.1.